The maximum absolute atomic E-state index is 14.0. The highest BCUT2D eigenvalue weighted by Gasteiger charge is 2.28. The molecule has 0 aliphatic carbocycles. The Balaban J connectivity index is 1.88. The maximum Gasteiger partial charge on any atom is 0.276 e. The van der Waals surface area contributed by atoms with E-state index in [-0.39, 0.29) is 11.1 Å². The number of benzene rings is 3. The van der Waals surface area contributed by atoms with E-state index in [1.807, 2.05) is 67.6 Å². The largest absolute Gasteiger partial charge is 0.313 e. The van der Waals surface area contributed by atoms with Gasteiger partial charge in [-0.25, -0.2) is 4.83 Å². The Morgan fingerprint density at radius 2 is 1.34 bits per heavy atom. The zero-order chi connectivity index (χ0) is 20.9. The average Bonchev–Trinajstić information content (AvgIpc) is 2.74. The van der Waals surface area contributed by atoms with Crippen molar-refractivity contribution in [3.8, 4) is 0 Å². The number of hydrogen-bond donors (Lipinski definition) is 1. The lowest BCUT2D eigenvalue weighted by Gasteiger charge is -2.19. The quantitative estimate of drug-likeness (QED) is 0.356. The molecule has 29 heavy (non-hydrogen) atoms. The predicted molar refractivity (Wildman–Crippen MR) is 119 cm³/mol. The van der Waals surface area contributed by atoms with Gasteiger partial charge in [-0.05, 0) is 26.0 Å². The van der Waals surface area contributed by atoms with E-state index in [1.165, 1.54) is 12.1 Å². The summed E-state index contributed by atoms with van der Waals surface area (Å²) in [6.45, 7) is 3.56. The Bertz CT molecular complexity index is 1100. The molecule has 0 bridgehead atoms. The molecule has 0 radical (unpaired) electrons. The molecular formula is C22H23N2O3PS. The highest BCUT2D eigenvalue weighted by molar-refractivity contribution is 7.89. The summed E-state index contributed by atoms with van der Waals surface area (Å²) in [6, 6.07) is 25.0. The summed E-state index contributed by atoms with van der Waals surface area (Å²) in [4.78, 5) is 2.39. The van der Waals surface area contributed by atoms with Gasteiger partial charge in [-0.2, -0.15) is 13.5 Å². The second kappa shape index (κ2) is 8.76. The summed E-state index contributed by atoms with van der Waals surface area (Å²) in [5, 5.41) is 5.46. The van der Waals surface area contributed by atoms with Gasteiger partial charge < -0.3 is 4.57 Å². The fourth-order valence-electron chi connectivity index (χ4n) is 2.93. The Kier molecular flexibility index (Phi) is 6.36. The van der Waals surface area contributed by atoms with E-state index in [2.05, 4.69) is 9.93 Å². The van der Waals surface area contributed by atoms with Crippen LogP contribution in [0.25, 0.3) is 0 Å². The minimum absolute atomic E-state index is 0.133. The van der Waals surface area contributed by atoms with Crippen molar-refractivity contribution in [2.75, 3.05) is 6.16 Å². The molecule has 150 valence electrons. The SMILES string of the molecule is C/C(CP(=O)(c1ccccc1)c1ccccc1)=N\NS(=O)(=O)c1ccc(C)cc1. The van der Waals surface area contributed by atoms with Crippen LogP contribution in [0.4, 0.5) is 0 Å². The van der Waals surface area contributed by atoms with E-state index in [0.29, 0.717) is 16.3 Å². The second-order valence-electron chi connectivity index (χ2n) is 6.82. The number of rotatable bonds is 7. The van der Waals surface area contributed by atoms with E-state index in [1.54, 1.807) is 19.1 Å². The Labute approximate surface area is 171 Å². The van der Waals surface area contributed by atoms with Crippen molar-refractivity contribution in [2.45, 2.75) is 18.7 Å². The van der Waals surface area contributed by atoms with Gasteiger partial charge in [0.15, 0.2) is 0 Å². The summed E-state index contributed by atoms with van der Waals surface area (Å²) in [5.41, 5.74) is 1.41. The first-order valence-electron chi connectivity index (χ1n) is 9.13. The minimum atomic E-state index is -3.78. The molecule has 3 aromatic carbocycles. The van der Waals surface area contributed by atoms with E-state index >= 15 is 0 Å². The topological polar surface area (TPSA) is 75.6 Å². The van der Waals surface area contributed by atoms with Crippen LogP contribution in [-0.2, 0) is 14.6 Å². The van der Waals surface area contributed by atoms with Crippen LogP contribution in [0.2, 0.25) is 0 Å². The first-order valence-corrected chi connectivity index (χ1v) is 12.5. The minimum Gasteiger partial charge on any atom is -0.313 e. The molecule has 0 saturated carbocycles. The number of aryl methyl sites for hydroxylation is 1. The van der Waals surface area contributed by atoms with Gasteiger partial charge in [0, 0.05) is 22.5 Å². The van der Waals surface area contributed by atoms with Crippen molar-refractivity contribution < 1.29 is 13.0 Å². The van der Waals surface area contributed by atoms with Crippen molar-refractivity contribution in [2.24, 2.45) is 5.10 Å². The van der Waals surface area contributed by atoms with Crippen molar-refractivity contribution in [3.05, 3.63) is 90.5 Å². The molecule has 0 aliphatic heterocycles. The van der Waals surface area contributed by atoms with Gasteiger partial charge in [0.05, 0.1) is 4.90 Å². The molecule has 0 spiro atoms. The van der Waals surface area contributed by atoms with Gasteiger partial charge in [0.2, 0.25) is 0 Å². The lowest BCUT2D eigenvalue weighted by atomic mass is 10.2. The number of hydrazone groups is 1. The molecule has 3 rings (SSSR count). The molecule has 5 nitrogen and oxygen atoms in total. The van der Waals surface area contributed by atoms with E-state index in [0.717, 1.165) is 5.56 Å². The maximum atomic E-state index is 14.0. The Hall–Kier alpha value is -2.69. The van der Waals surface area contributed by atoms with Gasteiger partial charge in [0.25, 0.3) is 10.0 Å². The first-order chi connectivity index (χ1) is 13.8. The summed E-state index contributed by atoms with van der Waals surface area (Å²) in [5.74, 6) is 0. The van der Waals surface area contributed by atoms with Crippen LogP contribution in [0.1, 0.15) is 12.5 Å². The highest BCUT2D eigenvalue weighted by Crippen LogP contribution is 2.43. The molecule has 3 aromatic rings. The van der Waals surface area contributed by atoms with Crippen molar-refractivity contribution in [3.63, 3.8) is 0 Å². The van der Waals surface area contributed by atoms with Crippen LogP contribution in [0, 0.1) is 6.92 Å². The predicted octanol–water partition coefficient (Wildman–Crippen LogP) is 3.66. The number of nitrogens with zero attached hydrogens (tertiary/aromatic N) is 1. The molecule has 0 heterocycles. The molecule has 0 unspecified atom stereocenters. The zero-order valence-corrected chi connectivity index (χ0v) is 18.0. The molecule has 0 aliphatic rings. The van der Waals surface area contributed by atoms with E-state index < -0.39 is 17.2 Å². The van der Waals surface area contributed by atoms with Crippen LogP contribution in [0.15, 0.2) is 94.9 Å². The third-order valence-corrected chi connectivity index (χ3v) is 8.88. The molecule has 7 heteroatoms. The zero-order valence-electron chi connectivity index (χ0n) is 16.3. The fourth-order valence-corrected chi connectivity index (χ4v) is 6.50. The summed E-state index contributed by atoms with van der Waals surface area (Å²) < 4.78 is 38.9. The number of nitrogens with one attached hydrogen (secondary N) is 1. The number of sulfonamides is 1. The summed E-state index contributed by atoms with van der Waals surface area (Å²) in [7, 11) is -6.79. The van der Waals surface area contributed by atoms with Crippen LogP contribution in [-0.4, -0.2) is 20.3 Å². The molecule has 1 N–H and O–H groups in total. The summed E-state index contributed by atoms with van der Waals surface area (Å²) in [6.07, 6.45) is 0.136. The lowest BCUT2D eigenvalue weighted by Crippen LogP contribution is -2.24. The Morgan fingerprint density at radius 3 is 1.83 bits per heavy atom. The van der Waals surface area contributed by atoms with Crippen molar-refractivity contribution in [1.82, 2.24) is 4.83 Å². The second-order valence-corrected chi connectivity index (χ2v) is 11.3. The van der Waals surface area contributed by atoms with Gasteiger partial charge in [-0.3, -0.25) is 0 Å². The van der Waals surface area contributed by atoms with Crippen LogP contribution < -0.4 is 15.4 Å². The number of hydrogen-bond acceptors (Lipinski definition) is 4. The normalized spacial score (nSPS) is 12.6. The smallest absolute Gasteiger partial charge is 0.276 e. The fraction of sp³-hybridized carbons (Fsp3) is 0.136. The highest BCUT2D eigenvalue weighted by atomic mass is 32.2. The lowest BCUT2D eigenvalue weighted by molar-refractivity contribution is 0.583. The third-order valence-electron chi connectivity index (χ3n) is 4.49. The monoisotopic (exact) mass is 426 g/mol. The van der Waals surface area contributed by atoms with Crippen molar-refractivity contribution in [1.29, 1.82) is 0 Å². The molecule has 0 atom stereocenters. The van der Waals surface area contributed by atoms with E-state index in [9.17, 15) is 13.0 Å². The molecular weight excluding hydrogens is 403 g/mol. The summed E-state index contributed by atoms with van der Waals surface area (Å²) >= 11 is 0. The Morgan fingerprint density at radius 1 is 0.862 bits per heavy atom. The van der Waals surface area contributed by atoms with Gasteiger partial charge in [0.1, 0.15) is 7.14 Å². The van der Waals surface area contributed by atoms with Crippen LogP contribution >= 0.6 is 7.14 Å². The standard InChI is InChI=1S/C22H23N2O3PS/c1-18-13-15-22(16-14-18)29(26,27)24-23-19(2)17-28(25,20-9-5-3-6-10-20)21-11-7-4-8-12-21/h3-16,24H,17H2,1-2H3/b23-19+. The molecule has 0 aromatic heterocycles. The molecule has 0 saturated heterocycles. The third kappa shape index (κ3) is 5.03. The molecule has 0 amide bonds. The first kappa shape index (κ1) is 21.0. The van der Waals surface area contributed by atoms with Crippen LogP contribution in [0.3, 0.4) is 0 Å². The van der Waals surface area contributed by atoms with Gasteiger partial charge >= 0.3 is 0 Å². The van der Waals surface area contributed by atoms with Crippen LogP contribution in [0.5, 0.6) is 0 Å². The van der Waals surface area contributed by atoms with Crippen molar-refractivity contribution >= 4 is 33.5 Å². The molecule has 0 fully saturated rings. The van der Waals surface area contributed by atoms with Gasteiger partial charge in [-0.1, -0.05) is 78.4 Å². The average molecular weight is 426 g/mol. The van der Waals surface area contributed by atoms with E-state index in [4.69, 9.17) is 0 Å². The van der Waals surface area contributed by atoms with Gasteiger partial charge in [-0.15, -0.1) is 0 Å².